The molecule has 21 heavy (non-hydrogen) atoms. The summed E-state index contributed by atoms with van der Waals surface area (Å²) in [6.07, 6.45) is 0. The van der Waals surface area contributed by atoms with Gasteiger partial charge in [-0.2, -0.15) is 0 Å². The van der Waals surface area contributed by atoms with Gasteiger partial charge in [0, 0.05) is 14.2 Å². The second kappa shape index (κ2) is 6.44. The van der Waals surface area contributed by atoms with Crippen molar-refractivity contribution in [2.24, 2.45) is 0 Å². The Morgan fingerprint density at radius 1 is 0.952 bits per heavy atom. The molecule has 2 aromatic rings. The summed E-state index contributed by atoms with van der Waals surface area (Å²) in [5, 5.41) is 0. The molecule has 1 fully saturated rings. The fraction of sp³-hybridized carbons (Fsp3) is 0.294. The average Bonchev–Trinajstić information content (AvgIpc) is 2.51. The number of benzene rings is 2. The lowest BCUT2D eigenvalue weighted by molar-refractivity contribution is 0.364. The topological polar surface area (TPSA) is 9.23 Å². The fourth-order valence-electron chi connectivity index (χ4n) is 3.48. The Balaban J connectivity index is 2.04. The van der Waals surface area contributed by atoms with Gasteiger partial charge >= 0.3 is 0 Å². The standard InChI is InChI=1S/C17H24OSi3/c1-21(2)14-13-18-19-20(21)17(15-9-5-3-6-10-15)16-11-7-4-8-12-16/h3-12,17,20H,13-14,19H2,1-2H3. The van der Waals surface area contributed by atoms with Crippen LogP contribution >= 0.6 is 0 Å². The molecule has 1 aliphatic rings. The van der Waals surface area contributed by atoms with Crippen LogP contribution in [0.4, 0.5) is 0 Å². The molecule has 0 N–H and O–H groups in total. The van der Waals surface area contributed by atoms with Gasteiger partial charge in [0.2, 0.25) is 0 Å². The van der Waals surface area contributed by atoms with Crippen molar-refractivity contribution in [2.45, 2.75) is 24.7 Å². The van der Waals surface area contributed by atoms with Gasteiger partial charge in [-0.25, -0.2) is 0 Å². The summed E-state index contributed by atoms with van der Waals surface area (Å²) in [6, 6.07) is 23.7. The highest BCUT2D eigenvalue weighted by molar-refractivity contribution is 7.51. The summed E-state index contributed by atoms with van der Waals surface area (Å²) in [7, 11) is -2.24. The first-order chi connectivity index (χ1) is 10.2. The second-order valence-electron chi connectivity index (χ2n) is 6.72. The van der Waals surface area contributed by atoms with E-state index in [1.54, 1.807) is 0 Å². The Kier molecular flexibility index (Phi) is 4.59. The highest BCUT2D eigenvalue weighted by atomic mass is 29.6. The molecule has 0 spiro atoms. The molecule has 0 bridgehead atoms. The van der Waals surface area contributed by atoms with Crippen molar-refractivity contribution in [2.75, 3.05) is 6.61 Å². The van der Waals surface area contributed by atoms with E-state index in [0.29, 0.717) is 5.54 Å². The summed E-state index contributed by atoms with van der Waals surface area (Å²) in [5.74, 6) is 0. The van der Waals surface area contributed by atoms with Crippen LogP contribution in [-0.2, 0) is 4.43 Å². The Bertz CT molecular complexity index is 532. The summed E-state index contributed by atoms with van der Waals surface area (Å²) < 4.78 is 6.08. The minimum absolute atomic E-state index is 0.316. The number of rotatable bonds is 3. The van der Waals surface area contributed by atoms with Crippen molar-refractivity contribution in [3.8, 4) is 0 Å². The molecule has 0 aromatic heterocycles. The Morgan fingerprint density at radius 3 is 1.95 bits per heavy atom. The molecule has 1 nitrogen and oxygen atoms in total. The zero-order chi connectivity index (χ0) is 14.7. The van der Waals surface area contributed by atoms with E-state index in [-0.39, 0.29) is 9.28 Å². The van der Waals surface area contributed by atoms with Gasteiger partial charge in [0.15, 0.2) is 0 Å². The normalized spacial score (nSPS) is 22.5. The van der Waals surface area contributed by atoms with E-state index in [4.69, 9.17) is 4.43 Å². The van der Waals surface area contributed by atoms with Gasteiger partial charge in [0.25, 0.3) is 0 Å². The predicted molar refractivity (Wildman–Crippen MR) is 98.7 cm³/mol. The van der Waals surface area contributed by atoms with E-state index in [1.807, 2.05) is 0 Å². The average molecular weight is 329 g/mol. The van der Waals surface area contributed by atoms with Crippen LogP contribution < -0.4 is 0 Å². The number of hydrogen-bond donors (Lipinski definition) is 0. The van der Waals surface area contributed by atoms with Crippen molar-refractivity contribution in [3.63, 3.8) is 0 Å². The lowest BCUT2D eigenvalue weighted by atomic mass is 10.0. The van der Waals surface area contributed by atoms with Crippen LogP contribution in [0.25, 0.3) is 0 Å². The first kappa shape index (κ1) is 15.0. The SMILES string of the molecule is C[Si]1(C)CCO[SiH2][SiH]1C(c1ccccc1)c1ccccc1. The first-order valence-electron chi connectivity index (χ1n) is 7.86. The molecule has 110 valence electrons. The molecule has 1 saturated heterocycles. The highest BCUT2D eigenvalue weighted by Crippen LogP contribution is 2.33. The van der Waals surface area contributed by atoms with Crippen LogP contribution in [0, 0.1) is 0 Å². The van der Waals surface area contributed by atoms with Crippen molar-refractivity contribution in [3.05, 3.63) is 71.8 Å². The van der Waals surface area contributed by atoms with E-state index in [0.717, 1.165) is 6.61 Å². The van der Waals surface area contributed by atoms with Crippen LogP contribution in [0.3, 0.4) is 0 Å². The van der Waals surface area contributed by atoms with Crippen LogP contribution in [0.1, 0.15) is 16.7 Å². The maximum absolute atomic E-state index is 6.08. The Hall–Kier alpha value is -0.949. The Morgan fingerprint density at radius 2 is 1.48 bits per heavy atom. The quantitative estimate of drug-likeness (QED) is 0.787. The minimum Gasteiger partial charge on any atom is -0.428 e. The minimum atomic E-state index is -1.07. The van der Waals surface area contributed by atoms with Gasteiger partial charge < -0.3 is 4.43 Å². The largest absolute Gasteiger partial charge is 0.428 e. The van der Waals surface area contributed by atoms with Gasteiger partial charge in [-0.1, -0.05) is 73.8 Å². The molecule has 4 heteroatoms. The monoisotopic (exact) mass is 328 g/mol. The van der Waals surface area contributed by atoms with Gasteiger partial charge in [0.1, 0.15) is 9.28 Å². The maximum Gasteiger partial charge on any atom is 0.145 e. The first-order valence-corrected chi connectivity index (χ1v) is 17.4. The molecule has 0 radical (unpaired) electrons. The van der Waals surface area contributed by atoms with Crippen LogP contribution in [0.5, 0.6) is 0 Å². The second-order valence-corrected chi connectivity index (χ2v) is 26.8. The van der Waals surface area contributed by atoms with Gasteiger partial charge in [-0.05, 0) is 22.7 Å². The van der Waals surface area contributed by atoms with Crippen molar-refractivity contribution in [1.82, 2.24) is 0 Å². The van der Waals surface area contributed by atoms with Crippen LogP contribution in [0.2, 0.25) is 19.1 Å². The summed E-state index contributed by atoms with van der Waals surface area (Å²) in [6.45, 7) is 6.29. The molecule has 1 unspecified atom stereocenters. The molecular weight excluding hydrogens is 304 g/mol. The third-order valence-corrected chi connectivity index (χ3v) is 33.4. The van der Waals surface area contributed by atoms with Gasteiger partial charge in [-0.15, -0.1) is 0 Å². The van der Waals surface area contributed by atoms with Gasteiger partial charge in [0.05, 0.1) is 7.83 Å². The van der Waals surface area contributed by atoms with E-state index in [9.17, 15) is 0 Å². The van der Waals surface area contributed by atoms with E-state index in [1.165, 1.54) is 17.2 Å². The lowest BCUT2D eigenvalue weighted by Gasteiger charge is -2.40. The third kappa shape index (κ3) is 3.29. The number of hydrogen-bond acceptors (Lipinski definition) is 1. The zero-order valence-corrected chi connectivity index (χ0v) is 16.5. The zero-order valence-electron chi connectivity index (χ0n) is 13.0. The third-order valence-electron chi connectivity index (χ3n) is 4.91. The molecule has 1 atom stereocenters. The molecule has 0 aliphatic carbocycles. The molecule has 0 amide bonds. The fourth-order valence-corrected chi connectivity index (χ4v) is 25.4. The molecule has 0 saturated carbocycles. The van der Waals surface area contributed by atoms with E-state index < -0.39 is 15.4 Å². The smallest absolute Gasteiger partial charge is 0.145 e. The van der Waals surface area contributed by atoms with Crippen molar-refractivity contribution in [1.29, 1.82) is 0 Å². The van der Waals surface area contributed by atoms with Gasteiger partial charge in [-0.3, -0.25) is 0 Å². The van der Waals surface area contributed by atoms with Crippen molar-refractivity contribution >= 4 is 24.7 Å². The molecule has 1 heterocycles. The molecular formula is C17H24OSi3. The highest BCUT2D eigenvalue weighted by Gasteiger charge is 2.42. The van der Waals surface area contributed by atoms with Crippen LogP contribution in [-0.4, -0.2) is 31.3 Å². The van der Waals surface area contributed by atoms with E-state index >= 15 is 0 Å². The molecule has 1 aliphatic heterocycles. The summed E-state index contributed by atoms with van der Waals surface area (Å²) in [4.78, 5) is 0. The predicted octanol–water partition coefficient (Wildman–Crippen LogP) is 2.98. The summed E-state index contributed by atoms with van der Waals surface area (Å²) in [5.41, 5.74) is 3.72. The molecule has 2 aromatic carbocycles. The van der Waals surface area contributed by atoms with Crippen LogP contribution in [0.15, 0.2) is 60.7 Å². The maximum atomic E-state index is 6.08. The van der Waals surface area contributed by atoms with Crippen molar-refractivity contribution < 1.29 is 4.43 Å². The summed E-state index contributed by atoms with van der Waals surface area (Å²) >= 11 is 0. The lowest BCUT2D eigenvalue weighted by Crippen LogP contribution is -2.58. The van der Waals surface area contributed by atoms with E-state index in [2.05, 4.69) is 73.8 Å². The Labute approximate surface area is 132 Å². The molecule has 3 rings (SSSR count).